The zero-order valence-corrected chi connectivity index (χ0v) is 7.07. The largest absolute Gasteiger partial charge is 0.376 e. The van der Waals surface area contributed by atoms with Crippen molar-refractivity contribution in [3.63, 3.8) is 0 Å². The lowest BCUT2D eigenvalue weighted by atomic mass is 10.0. The van der Waals surface area contributed by atoms with Gasteiger partial charge in [0.05, 0.1) is 0 Å². The molecule has 1 aliphatic heterocycles. The van der Waals surface area contributed by atoms with Crippen LogP contribution in [-0.4, -0.2) is 28.6 Å². The second-order valence-electron chi connectivity index (χ2n) is 2.97. The molecule has 1 N–H and O–H groups in total. The molecule has 2 amide bonds. The number of aliphatic hydroxyl groups is 1. The summed E-state index contributed by atoms with van der Waals surface area (Å²) in [5.74, 6) is -0.776. The monoisotopic (exact) mass is 169 g/mol. The first-order chi connectivity index (χ1) is 5.57. The lowest BCUT2D eigenvalue weighted by Gasteiger charge is -2.11. The van der Waals surface area contributed by atoms with Gasteiger partial charge in [-0.25, -0.2) is 0 Å². The number of nitrogens with zero attached hydrogens (tertiary/aromatic N) is 1. The number of rotatable bonds is 2. The lowest BCUT2D eigenvalue weighted by Crippen LogP contribution is -2.32. The van der Waals surface area contributed by atoms with E-state index in [9.17, 15) is 9.59 Å². The highest BCUT2D eigenvalue weighted by atomic mass is 16.3. The molecule has 0 saturated heterocycles. The van der Waals surface area contributed by atoms with Crippen molar-refractivity contribution < 1.29 is 14.7 Å². The van der Waals surface area contributed by atoms with Crippen molar-refractivity contribution >= 4 is 11.8 Å². The molecule has 0 fully saturated rings. The summed E-state index contributed by atoms with van der Waals surface area (Å²) in [6.07, 6.45) is 1.28. The summed E-state index contributed by atoms with van der Waals surface area (Å²) < 4.78 is 0. The molecule has 0 atom stereocenters. The molecule has 0 spiro atoms. The van der Waals surface area contributed by atoms with Gasteiger partial charge in [-0.15, -0.1) is 0 Å². The van der Waals surface area contributed by atoms with E-state index >= 15 is 0 Å². The number of hydrogen-bond acceptors (Lipinski definition) is 3. The van der Waals surface area contributed by atoms with E-state index in [4.69, 9.17) is 5.11 Å². The number of imide groups is 1. The van der Waals surface area contributed by atoms with E-state index < -0.39 is 12.6 Å². The van der Waals surface area contributed by atoms with Crippen LogP contribution in [0.4, 0.5) is 0 Å². The summed E-state index contributed by atoms with van der Waals surface area (Å²) in [6, 6.07) is 0. The predicted molar refractivity (Wildman–Crippen MR) is 41.9 cm³/mol. The van der Waals surface area contributed by atoms with Crippen LogP contribution >= 0.6 is 0 Å². The van der Waals surface area contributed by atoms with Crippen LogP contribution in [0.1, 0.15) is 13.8 Å². The molecule has 0 aliphatic carbocycles. The first-order valence-electron chi connectivity index (χ1n) is 3.76. The first-order valence-corrected chi connectivity index (χ1v) is 3.76. The molecule has 0 saturated carbocycles. The van der Waals surface area contributed by atoms with E-state index in [1.165, 1.54) is 6.08 Å². The summed E-state index contributed by atoms with van der Waals surface area (Å²) >= 11 is 0. The number of aliphatic hydroxyl groups excluding tert-OH is 1. The Morgan fingerprint density at radius 1 is 1.50 bits per heavy atom. The van der Waals surface area contributed by atoms with Crippen molar-refractivity contribution in [2.75, 3.05) is 6.73 Å². The standard InChI is InChI=1S/C8H11NO3/c1-5(2)6-3-7(11)9(4-10)8(6)12/h3,5,10H,4H2,1-2H3. The van der Waals surface area contributed by atoms with Gasteiger partial charge in [0.15, 0.2) is 0 Å². The fourth-order valence-electron chi connectivity index (χ4n) is 1.08. The molecule has 4 heteroatoms. The van der Waals surface area contributed by atoms with Crippen LogP contribution in [-0.2, 0) is 9.59 Å². The van der Waals surface area contributed by atoms with Crippen LogP contribution in [0.15, 0.2) is 11.6 Å². The van der Waals surface area contributed by atoms with Crippen molar-refractivity contribution in [3.8, 4) is 0 Å². The minimum atomic E-state index is -0.537. The maximum absolute atomic E-state index is 11.3. The van der Waals surface area contributed by atoms with Gasteiger partial charge < -0.3 is 5.11 Å². The SMILES string of the molecule is CC(C)C1=CC(=O)N(CO)C1=O. The van der Waals surface area contributed by atoms with Crippen molar-refractivity contribution in [2.45, 2.75) is 13.8 Å². The molecule has 0 unspecified atom stereocenters. The number of carbonyl (C=O) groups excluding carboxylic acids is 2. The molecule has 66 valence electrons. The molecule has 1 aliphatic rings. The Hall–Kier alpha value is -1.16. The van der Waals surface area contributed by atoms with Crippen molar-refractivity contribution in [1.29, 1.82) is 0 Å². The van der Waals surface area contributed by atoms with Gasteiger partial charge in [0.25, 0.3) is 11.8 Å². The minimum absolute atomic E-state index is 0.0259. The van der Waals surface area contributed by atoms with Gasteiger partial charge in [-0.2, -0.15) is 0 Å². The van der Waals surface area contributed by atoms with E-state index in [1.807, 2.05) is 13.8 Å². The highest BCUT2D eigenvalue weighted by molar-refractivity contribution is 6.16. The van der Waals surface area contributed by atoms with Crippen LogP contribution in [0.3, 0.4) is 0 Å². The van der Waals surface area contributed by atoms with Gasteiger partial charge in [0, 0.05) is 11.6 Å². The summed E-state index contributed by atoms with van der Waals surface area (Å²) in [7, 11) is 0. The van der Waals surface area contributed by atoms with Crippen LogP contribution in [0, 0.1) is 5.92 Å². The third-order valence-electron chi connectivity index (χ3n) is 1.80. The first kappa shape index (κ1) is 8.93. The Balaban J connectivity index is 2.89. The van der Waals surface area contributed by atoms with E-state index in [0.717, 1.165) is 4.90 Å². The van der Waals surface area contributed by atoms with E-state index in [2.05, 4.69) is 0 Å². The van der Waals surface area contributed by atoms with Crippen LogP contribution in [0.5, 0.6) is 0 Å². The molecule has 12 heavy (non-hydrogen) atoms. The van der Waals surface area contributed by atoms with E-state index in [0.29, 0.717) is 5.57 Å². The highest BCUT2D eigenvalue weighted by Gasteiger charge is 2.31. The highest BCUT2D eigenvalue weighted by Crippen LogP contribution is 2.19. The molecule has 0 aromatic heterocycles. The molecule has 4 nitrogen and oxygen atoms in total. The average molecular weight is 169 g/mol. The molecule has 0 bridgehead atoms. The third kappa shape index (κ3) is 1.25. The number of amides is 2. The van der Waals surface area contributed by atoms with Gasteiger partial charge in [-0.05, 0) is 5.92 Å². The van der Waals surface area contributed by atoms with Gasteiger partial charge in [-0.3, -0.25) is 14.5 Å². The van der Waals surface area contributed by atoms with Gasteiger partial charge in [0.1, 0.15) is 6.73 Å². The lowest BCUT2D eigenvalue weighted by molar-refractivity contribution is -0.141. The number of hydrogen-bond donors (Lipinski definition) is 1. The summed E-state index contributed by atoms with van der Waals surface area (Å²) in [6.45, 7) is 3.13. The summed E-state index contributed by atoms with van der Waals surface area (Å²) in [5, 5.41) is 8.66. The number of carbonyl (C=O) groups is 2. The van der Waals surface area contributed by atoms with Crippen molar-refractivity contribution in [2.24, 2.45) is 5.92 Å². The van der Waals surface area contributed by atoms with Crippen LogP contribution in [0.25, 0.3) is 0 Å². The Morgan fingerprint density at radius 2 is 2.08 bits per heavy atom. The van der Waals surface area contributed by atoms with E-state index in [1.54, 1.807) is 0 Å². The second-order valence-corrected chi connectivity index (χ2v) is 2.97. The average Bonchev–Trinajstić information content (AvgIpc) is 2.27. The Kier molecular flexibility index (Phi) is 2.28. The Morgan fingerprint density at radius 3 is 2.33 bits per heavy atom. The molecule has 0 aromatic carbocycles. The van der Waals surface area contributed by atoms with Crippen LogP contribution in [0.2, 0.25) is 0 Å². The smallest absolute Gasteiger partial charge is 0.259 e. The summed E-state index contributed by atoms with van der Waals surface area (Å²) in [4.78, 5) is 23.1. The Bertz CT molecular complexity index is 255. The fourth-order valence-corrected chi connectivity index (χ4v) is 1.08. The fraction of sp³-hybridized carbons (Fsp3) is 0.500. The van der Waals surface area contributed by atoms with Gasteiger partial charge in [0.2, 0.25) is 0 Å². The van der Waals surface area contributed by atoms with Crippen molar-refractivity contribution in [1.82, 2.24) is 4.90 Å². The maximum Gasteiger partial charge on any atom is 0.259 e. The molecule has 0 aromatic rings. The second kappa shape index (κ2) is 3.06. The maximum atomic E-state index is 11.3. The summed E-state index contributed by atoms with van der Waals surface area (Å²) in [5.41, 5.74) is 0.467. The molecule has 0 radical (unpaired) electrons. The normalized spacial score (nSPS) is 17.7. The Labute approximate surface area is 70.5 Å². The van der Waals surface area contributed by atoms with Gasteiger partial charge in [-0.1, -0.05) is 13.8 Å². The molecule has 1 heterocycles. The zero-order chi connectivity index (χ0) is 9.30. The topological polar surface area (TPSA) is 57.6 Å². The molecular weight excluding hydrogens is 158 g/mol. The van der Waals surface area contributed by atoms with Crippen LogP contribution < -0.4 is 0 Å². The van der Waals surface area contributed by atoms with Crippen molar-refractivity contribution in [3.05, 3.63) is 11.6 Å². The van der Waals surface area contributed by atoms with E-state index in [-0.39, 0.29) is 11.8 Å². The molecule has 1 rings (SSSR count). The quantitative estimate of drug-likeness (QED) is 0.587. The molecular formula is C8H11NO3. The minimum Gasteiger partial charge on any atom is -0.376 e. The third-order valence-corrected chi connectivity index (χ3v) is 1.80. The van der Waals surface area contributed by atoms with Gasteiger partial charge >= 0.3 is 0 Å². The predicted octanol–water partition coefficient (Wildman–Crippen LogP) is -0.113. The zero-order valence-electron chi connectivity index (χ0n) is 7.07.